The summed E-state index contributed by atoms with van der Waals surface area (Å²) in [4.78, 5) is 9.43. The largest absolute Gasteiger partial charge is 0.418 e. The van der Waals surface area contributed by atoms with Gasteiger partial charge in [-0.05, 0) is 6.07 Å². The fraction of sp³-hybridized carbons (Fsp3) is 0.400. The quantitative estimate of drug-likeness (QED) is 0.497. The Kier molecular flexibility index (Phi) is 4.48. The Balaban J connectivity index is 3.10. The molecule has 1 rings (SSSR count). The first-order chi connectivity index (χ1) is 9.07. The molecule has 0 radical (unpaired) electrons. The second-order valence-corrected chi connectivity index (χ2v) is 3.90. The predicted octanol–water partition coefficient (Wildman–Crippen LogP) is 2.62. The third kappa shape index (κ3) is 4.02. The molecule has 0 aliphatic heterocycles. The minimum atomic E-state index is -4.91. The molecule has 0 unspecified atom stereocenters. The molecule has 0 spiro atoms. The predicted molar refractivity (Wildman–Crippen MR) is 60.6 cm³/mol. The second-order valence-electron chi connectivity index (χ2n) is 3.90. The summed E-state index contributed by atoms with van der Waals surface area (Å²) in [5.41, 5.74) is 1.91. The molecule has 10 heteroatoms. The Labute approximate surface area is 109 Å². The van der Waals surface area contributed by atoms with Gasteiger partial charge in [-0.25, -0.2) is 8.78 Å². The Morgan fingerprint density at radius 2 is 1.85 bits per heavy atom. The van der Waals surface area contributed by atoms with Gasteiger partial charge in [-0.1, -0.05) is 0 Å². The topological polar surface area (TPSA) is 81.2 Å². The zero-order valence-corrected chi connectivity index (χ0v) is 9.88. The summed E-state index contributed by atoms with van der Waals surface area (Å²) in [7, 11) is 0. The summed E-state index contributed by atoms with van der Waals surface area (Å²) in [5.74, 6) is -3.38. The van der Waals surface area contributed by atoms with Crippen molar-refractivity contribution in [1.29, 1.82) is 0 Å². The lowest BCUT2D eigenvalue weighted by Crippen LogP contribution is -2.35. The number of hydrogen-bond donors (Lipinski definition) is 2. The molecule has 1 aromatic carbocycles. The summed E-state index contributed by atoms with van der Waals surface area (Å²) in [6, 6.07) is 1.80. The van der Waals surface area contributed by atoms with Crippen molar-refractivity contribution in [3.05, 3.63) is 33.9 Å². The van der Waals surface area contributed by atoms with E-state index in [1.165, 1.54) is 0 Å². The standard InChI is InChI=1S/C10H10F5N3O2/c11-9(12,4-16)5-17-8-2-1-6(18(19)20)3-7(8)10(13,14)15/h1-3,17H,4-5,16H2. The van der Waals surface area contributed by atoms with Crippen molar-refractivity contribution in [3.63, 3.8) is 0 Å². The molecular formula is C10H10F5N3O2. The number of nitrogens with one attached hydrogen (secondary N) is 1. The van der Waals surface area contributed by atoms with Gasteiger partial charge in [-0.3, -0.25) is 10.1 Å². The van der Waals surface area contributed by atoms with Gasteiger partial charge in [-0.15, -0.1) is 0 Å². The molecule has 0 atom stereocenters. The van der Waals surface area contributed by atoms with Crippen molar-refractivity contribution in [2.75, 3.05) is 18.4 Å². The van der Waals surface area contributed by atoms with E-state index in [9.17, 15) is 32.1 Å². The molecule has 112 valence electrons. The zero-order valence-electron chi connectivity index (χ0n) is 9.88. The minimum absolute atomic E-state index is 0.281. The summed E-state index contributed by atoms with van der Waals surface area (Å²) in [6.07, 6.45) is -4.91. The van der Waals surface area contributed by atoms with Crippen molar-refractivity contribution >= 4 is 11.4 Å². The summed E-state index contributed by atoms with van der Waals surface area (Å²) < 4.78 is 64.0. The maximum atomic E-state index is 12.9. The second kappa shape index (κ2) is 5.57. The van der Waals surface area contributed by atoms with E-state index in [4.69, 9.17) is 5.73 Å². The summed E-state index contributed by atoms with van der Waals surface area (Å²) in [6.45, 7) is -2.14. The van der Waals surface area contributed by atoms with E-state index in [1.807, 2.05) is 5.32 Å². The van der Waals surface area contributed by atoms with Gasteiger partial charge in [0.05, 0.1) is 23.6 Å². The van der Waals surface area contributed by atoms with Crippen LogP contribution in [0.15, 0.2) is 18.2 Å². The van der Waals surface area contributed by atoms with Crippen LogP contribution < -0.4 is 11.1 Å². The lowest BCUT2D eigenvalue weighted by molar-refractivity contribution is -0.385. The van der Waals surface area contributed by atoms with Crippen LogP contribution in [-0.4, -0.2) is 23.9 Å². The van der Waals surface area contributed by atoms with E-state index >= 15 is 0 Å². The van der Waals surface area contributed by atoms with E-state index in [1.54, 1.807) is 0 Å². The van der Waals surface area contributed by atoms with Crippen molar-refractivity contribution in [1.82, 2.24) is 0 Å². The van der Waals surface area contributed by atoms with Gasteiger partial charge in [0, 0.05) is 17.8 Å². The number of anilines is 1. The molecule has 0 saturated heterocycles. The lowest BCUT2D eigenvalue weighted by Gasteiger charge is -2.18. The Bertz CT molecular complexity index is 504. The van der Waals surface area contributed by atoms with E-state index in [-0.39, 0.29) is 6.07 Å². The minimum Gasteiger partial charge on any atom is -0.378 e. The number of halogens is 5. The maximum absolute atomic E-state index is 12.9. The average Bonchev–Trinajstić information content (AvgIpc) is 2.35. The summed E-state index contributed by atoms with van der Waals surface area (Å²) in [5, 5.41) is 12.3. The number of rotatable bonds is 5. The molecule has 0 aromatic heterocycles. The van der Waals surface area contributed by atoms with E-state index < -0.39 is 47.0 Å². The van der Waals surface area contributed by atoms with Crippen LogP contribution in [0.4, 0.5) is 33.3 Å². The SMILES string of the molecule is NCC(F)(F)CNc1ccc([N+](=O)[O-])cc1C(F)(F)F. The van der Waals surface area contributed by atoms with Crippen molar-refractivity contribution in [2.45, 2.75) is 12.1 Å². The molecule has 1 aromatic rings. The molecule has 0 aliphatic rings. The van der Waals surface area contributed by atoms with Gasteiger partial charge >= 0.3 is 6.18 Å². The molecule has 0 aliphatic carbocycles. The van der Waals surface area contributed by atoms with Crippen LogP contribution in [0.5, 0.6) is 0 Å². The first-order valence-corrected chi connectivity index (χ1v) is 5.24. The first-order valence-electron chi connectivity index (χ1n) is 5.24. The van der Waals surface area contributed by atoms with Crippen molar-refractivity contribution in [2.24, 2.45) is 5.73 Å². The smallest absolute Gasteiger partial charge is 0.378 e. The van der Waals surface area contributed by atoms with Gasteiger partial charge in [0.2, 0.25) is 0 Å². The van der Waals surface area contributed by atoms with E-state index in [2.05, 4.69) is 0 Å². The van der Waals surface area contributed by atoms with Crippen molar-refractivity contribution in [3.8, 4) is 0 Å². The zero-order chi connectivity index (χ0) is 15.6. The van der Waals surface area contributed by atoms with Crippen LogP contribution in [0.3, 0.4) is 0 Å². The maximum Gasteiger partial charge on any atom is 0.418 e. The molecule has 0 bridgehead atoms. The number of non-ortho nitro benzene ring substituents is 1. The molecule has 3 N–H and O–H groups in total. The fourth-order valence-corrected chi connectivity index (χ4v) is 1.33. The van der Waals surface area contributed by atoms with Crippen LogP contribution in [0.25, 0.3) is 0 Å². The van der Waals surface area contributed by atoms with E-state index in [0.29, 0.717) is 0 Å². The highest BCUT2D eigenvalue weighted by molar-refractivity contribution is 5.57. The normalized spacial score (nSPS) is 12.3. The first kappa shape index (κ1) is 16.1. The monoisotopic (exact) mass is 299 g/mol. The molecule has 0 amide bonds. The molecular weight excluding hydrogens is 289 g/mol. The molecule has 20 heavy (non-hydrogen) atoms. The molecule has 0 heterocycles. The Morgan fingerprint density at radius 1 is 1.25 bits per heavy atom. The van der Waals surface area contributed by atoms with E-state index in [0.717, 1.165) is 12.1 Å². The van der Waals surface area contributed by atoms with Gasteiger partial charge in [0.25, 0.3) is 11.6 Å². The fourth-order valence-electron chi connectivity index (χ4n) is 1.33. The van der Waals surface area contributed by atoms with Gasteiger partial charge in [-0.2, -0.15) is 13.2 Å². The number of nitro groups is 1. The Morgan fingerprint density at radius 3 is 2.30 bits per heavy atom. The van der Waals surface area contributed by atoms with Gasteiger partial charge in [0.15, 0.2) is 0 Å². The number of nitrogens with two attached hydrogens (primary N) is 1. The van der Waals surface area contributed by atoms with Crippen molar-refractivity contribution < 1.29 is 26.9 Å². The highest BCUT2D eigenvalue weighted by atomic mass is 19.4. The number of nitro benzene ring substituents is 1. The number of hydrogen-bond acceptors (Lipinski definition) is 4. The molecule has 0 saturated carbocycles. The van der Waals surface area contributed by atoms with Crippen LogP contribution in [0, 0.1) is 10.1 Å². The molecule has 0 fully saturated rings. The van der Waals surface area contributed by atoms with Crippen LogP contribution in [-0.2, 0) is 6.18 Å². The summed E-state index contributed by atoms with van der Waals surface area (Å²) >= 11 is 0. The van der Waals surface area contributed by atoms with Crippen LogP contribution in [0.1, 0.15) is 5.56 Å². The number of benzene rings is 1. The number of alkyl halides is 5. The third-order valence-corrected chi connectivity index (χ3v) is 2.36. The van der Waals surface area contributed by atoms with Crippen LogP contribution in [0.2, 0.25) is 0 Å². The number of nitrogens with zero attached hydrogens (tertiary/aromatic N) is 1. The third-order valence-electron chi connectivity index (χ3n) is 2.36. The Hall–Kier alpha value is -1.97. The highest BCUT2D eigenvalue weighted by Crippen LogP contribution is 2.37. The van der Waals surface area contributed by atoms with Gasteiger partial charge in [0.1, 0.15) is 0 Å². The van der Waals surface area contributed by atoms with Gasteiger partial charge < -0.3 is 11.1 Å². The average molecular weight is 299 g/mol. The molecule has 5 nitrogen and oxygen atoms in total. The van der Waals surface area contributed by atoms with Crippen LogP contribution >= 0.6 is 0 Å². The lowest BCUT2D eigenvalue weighted by atomic mass is 10.1. The highest BCUT2D eigenvalue weighted by Gasteiger charge is 2.36.